The molecule has 6 N–H and O–H groups in total. The number of rotatable bonds is 11. The van der Waals surface area contributed by atoms with Gasteiger partial charge in [-0.3, -0.25) is 13.5 Å². The Morgan fingerprint density at radius 3 is 2.52 bits per heavy atom. The molecule has 1 saturated heterocycles. The van der Waals surface area contributed by atoms with Crippen LogP contribution in [0.15, 0.2) is 42.9 Å². The summed E-state index contributed by atoms with van der Waals surface area (Å²) in [5, 5.41) is 39.5. The Labute approximate surface area is 288 Å². The summed E-state index contributed by atoms with van der Waals surface area (Å²) in [6.07, 6.45) is 3.40. The predicted molar refractivity (Wildman–Crippen MR) is 181 cm³/mol. The number of amides is 1. The number of nitrogens with one attached hydrogen (secondary N) is 1. The van der Waals surface area contributed by atoms with Crippen molar-refractivity contribution in [1.29, 1.82) is 0 Å². The molecule has 1 aromatic carbocycles. The Morgan fingerprint density at radius 2 is 1.86 bits per heavy atom. The van der Waals surface area contributed by atoms with Crippen molar-refractivity contribution in [3.05, 3.63) is 54.1 Å². The highest BCUT2D eigenvalue weighted by atomic mass is 32.2. The van der Waals surface area contributed by atoms with Crippen molar-refractivity contribution in [2.24, 2.45) is 0 Å². The molecular formula is C31H42N10O8S. The van der Waals surface area contributed by atoms with Crippen molar-refractivity contribution in [2.45, 2.75) is 71.0 Å². The maximum atomic E-state index is 12.4. The summed E-state index contributed by atoms with van der Waals surface area (Å²) in [5.74, 6) is -1.45. The lowest BCUT2D eigenvalue weighted by atomic mass is 9.98. The molecule has 1 fully saturated rings. The molecule has 1 aliphatic carbocycles. The number of anilines is 1. The molecule has 1 amide bonds. The molecule has 4 atom stereocenters. The van der Waals surface area contributed by atoms with Crippen molar-refractivity contribution >= 4 is 38.8 Å². The minimum absolute atomic E-state index is 0.0203. The van der Waals surface area contributed by atoms with Crippen LogP contribution in [0.25, 0.3) is 22.7 Å². The van der Waals surface area contributed by atoms with Crippen LogP contribution in [0, 0.1) is 0 Å². The van der Waals surface area contributed by atoms with Crippen LogP contribution in [0.1, 0.15) is 68.7 Å². The molecule has 18 nitrogen and oxygen atoms in total. The zero-order chi connectivity index (χ0) is 36.0. The van der Waals surface area contributed by atoms with Crippen LogP contribution >= 0.6 is 0 Å². The molecule has 6 rings (SSSR count). The largest absolute Gasteiger partial charge is 0.507 e. The number of hydrogen-bond acceptors (Lipinski definition) is 15. The number of aliphatic hydroxyl groups is 2. The minimum atomic E-state index is -4.69. The van der Waals surface area contributed by atoms with Crippen LogP contribution in [0.4, 0.5) is 5.82 Å². The van der Waals surface area contributed by atoms with Crippen LogP contribution in [-0.4, -0.2) is 114 Å². The number of aliphatic hydroxyl groups excluding tert-OH is 2. The Kier molecular flexibility index (Phi) is 11.8. The van der Waals surface area contributed by atoms with E-state index < -0.39 is 53.1 Å². The third-order valence-corrected chi connectivity index (χ3v) is 9.34. The molecule has 50 heavy (non-hydrogen) atoms. The number of nitrogens with two attached hydrogens (primary N) is 1. The molecule has 0 spiro atoms. The van der Waals surface area contributed by atoms with Crippen molar-refractivity contribution in [1.82, 2.24) is 44.1 Å². The molecule has 4 aromatic rings. The van der Waals surface area contributed by atoms with Gasteiger partial charge in [0, 0.05) is 0 Å². The molecule has 0 bridgehead atoms. The van der Waals surface area contributed by atoms with Gasteiger partial charge in [-0.2, -0.15) is 23.1 Å². The standard InChI is InChI=1S/C25H27N9O8S.C6H15N/c26-21-18-22(29-25(28-21)34-10-15(30-32-34)13-6-2-1-3-7-13)33(12-27-18)24-20(37)19(36)17(42-24)11-41-43(39,40)31-23(38)14-8-4-5-9-16(14)35;1-4-7(5-2)6-3/h4-6,8-10,12,17,19-20,24,35-37H,1-3,7,11H2,(H,31,38)(H2,26,28,29);4-6H2,1-3H3/t17-,19-,20-,24-;/m1./s1. The van der Waals surface area contributed by atoms with Crippen molar-refractivity contribution < 1.29 is 37.5 Å². The fraction of sp³-hybridized carbons (Fsp3) is 0.484. The number of phenolic OH excluding ortho intramolecular Hbond substituents is 1. The first kappa shape index (κ1) is 36.7. The van der Waals surface area contributed by atoms with E-state index in [9.17, 15) is 28.5 Å². The van der Waals surface area contributed by atoms with Gasteiger partial charge in [-0.1, -0.05) is 44.2 Å². The second-order valence-electron chi connectivity index (χ2n) is 11.6. The zero-order valence-electron chi connectivity index (χ0n) is 28.0. The average molecular weight is 715 g/mol. The van der Waals surface area contributed by atoms with Gasteiger partial charge in [0.25, 0.3) is 11.9 Å². The lowest BCUT2D eigenvalue weighted by Gasteiger charge is -2.16. The first-order chi connectivity index (χ1) is 24.0. The molecule has 2 aliphatic rings. The molecule has 19 heteroatoms. The van der Waals surface area contributed by atoms with E-state index in [4.69, 9.17) is 14.7 Å². The third kappa shape index (κ3) is 8.25. The van der Waals surface area contributed by atoms with Crippen LogP contribution in [-0.2, 0) is 19.2 Å². The van der Waals surface area contributed by atoms with Gasteiger partial charge in [-0.15, -0.1) is 5.10 Å². The highest BCUT2D eigenvalue weighted by Crippen LogP contribution is 2.33. The predicted octanol–water partition coefficient (Wildman–Crippen LogP) is 1.31. The van der Waals surface area contributed by atoms with Crippen LogP contribution < -0.4 is 10.5 Å². The van der Waals surface area contributed by atoms with E-state index >= 15 is 0 Å². The van der Waals surface area contributed by atoms with Gasteiger partial charge in [0.05, 0.1) is 24.7 Å². The number of phenols is 1. The molecular weight excluding hydrogens is 672 g/mol. The lowest BCUT2D eigenvalue weighted by molar-refractivity contribution is -0.0468. The second-order valence-corrected chi connectivity index (χ2v) is 13.0. The molecule has 270 valence electrons. The van der Waals surface area contributed by atoms with E-state index in [2.05, 4.69) is 57.0 Å². The molecule has 1 aliphatic heterocycles. The van der Waals surface area contributed by atoms with E-state index in [0.29, 0.717) is 5.69 Å². The number of aromatic nitrogens is 7. The summed E-state index contributed by atoms with van der Waals surface area (Å²) < 4.78 is 39.7. The fourth-order valence-electron chi connectivity index (χ4n) is 5.58. The quantitative estimate of drug-likeness (QED) is 0.147. The van der Waals surface area contributed by atoms with Gasteiger partial charge in [0.2, 0.25) is 0 Å². The van der Waals surface area contributed by atoms with Gasteiger partial charge >= 0.3 is 10.3 Å². The highest BCUT2D eigenvalue weighted by molar-refractivity contribution is 7.85. The summed E-state index contributed by atoms with van der Waals surface area (Å²) in [6, 6.07) is 5.33. The number of nitrogens with zero attached hydrogens (tertiary/aromatic N) is 8. The number of para-hydroxylation sites is 1. The van der Waals surface area contributed by atoms with Gasteiger partial charge in [0.1, 0.15) is 35.3 Å². The summed E-state index contributed by atoms with van der Waals surface area (Å²) in [5.41, 5.74) is 7.98. The van der Waals surface area contributed by atoms with Crippen molar-refractivity contribution in [2.75, 3.05) is 32.0 Å². The maximum Gasteiger partial charge on any atom is 0.362 e. The van der Waals surface area contributed by atoms with E-state index in [1.807, 2.05) is 0 Å². The molecule has 0 unspecified atom stereocenters. The maximum absolute atomic E-state index is 12.4. The minimum Gasteiger partial charge on any atom is -0.507 e. The SMILES string of the molecule is CCN(CC)CC.Nc1nc(-n2cc(C3=CCCCC3)nn2)nc2c1ncn2[C@@H]1O[C@H](COS(=O)(=O)NC(=O)c2ccccc2O)[C@@H](O)[C@H]1O. The number of aromatic hydroxyl groups is 1. The van der Waals surface area contributed by atoms with E-state index in [-0.39, 0.29) is 28.5 Å². The van der Waals surface area contributed by atoms with E-state index in [0.717, 1.165) is 31.3 Å². The van der Waals surface area contributed by atoms with Gasteiger partial charge in [-0.25, -0.2) is 9.71 Å². The Balaban J connectivity index is 0.000000630. The number of imidazole rings is 1. The van der Waals surface area contributed by atoms with Crippen molar-refractivity contribution in [3.63, 3.8) is 0 Å². The van der Waals surface area contributed by atoms with Crippen LogP contribution in [0.3, 0.4) is 0 Å². The number of carbonyl (C=O) groups is 1. The summed E-state index contributed by atoms with van der Waals surface area (Å²) in [6.45, 7) is 9.37. The first-order valence-corrected chi connectivity index (χ1v) is 17.7. The number of fused-ring (bicyclic) bond motifs is 1. The number of nitrogen functional groups attached to an aromatic ring is 1. The first-order valence-electron chi connectivity index (χ1n) is 16.3. The van der Waals surface area contributed by atoms with Gasteiger partial charge in [-0.05, 0) is 63.0 Å². The van der Waals surface area contributed by atoms with Gasteiger partial charge < -0.3 is 30.7 Å². The second kappa shape index (κ2) is 16.0. The number of carbonyl (C=O) groups excluding carboxylic acids is 1. The Morgan fingerprint density at radius 1 is 1.12 bits per heavy atom. The van der Waals surface area contributed by atoms with Gasteiger partial charge in [0.15, 0.2) is 17.7 Å². The normalized spacial score (nSPS) is 20.8. The Hall–Kier alpha value is -4.53. The molecule has 4 heterocycles. The van der Waals surface area contributed by atoms with Crippen LogP contribution in [0.5, 0.6) is 5.75 Å². The zero-order valence-corrected chi connectivity index (χ0v) is 28.8. The number of ether oxygens (including phenoxy) is 1. The smallest absolute Gasteiger partial charge is 0.362 e. The average Bonchev–Trinajstić information content (AvgIpc) is 3.84. The number of allylic oxidation sites excluding steroid dienone is 2. The lowest BCUT2D eigenvalue weighted by Crippen LogP contribution is -2.37. The van der Waals surface area contributed by atoms with Crippen molar-refractivity contribution in [3.8, 4) is 11.7 Å². The fourth-order valence-corrected chi connectivity index (χ4v) is 6.29. The summed E-state index contributed by atoms with van der Waals surface area (Å²) >= 11 is 0. The summed E-state index contributed by atoms with van der Waals surface area (Å²) in [4.78, 5) is 27.6. The Bertz CT molecular complexity index is 1920. The van der Waals surface area contributed by atoms with Crippen LogP contribution in [0.2, 0.25) is 0 Å². The number of hydrogen-bond donors (Lipinski definition) is 5. The van der Waals surface area contributed by atoms with E-state index in [1.54, 1.807) is 10.9 Å². The highest BCUT2D eigenvalue weighted by Gasteiger charge is 2.45. The third-order valence-electron chi connectivity index (χ3n) is 8.46. The number of benzene rings is 1. The molecule has 0 radical (unpaired) electrons. The monoisotopic (exact) mass is 714 g/mol. The summed E-state index contributed by atoms with van der Waals surface area (Å²) in [7, 11) is -4.69. The topological polar surface area (TPSA) is 246 Å². The molecule has 3 aromatic heterocycles. The molecule has 0 saturated carbocycles. The van der Waals surface area contributed by atoms with E-state index in [1.165, 1.54) is 59.5 Å².